The van der Waals surface area contributed by atoms with Crippen LogP contribution < -0.4 is 5.32 Å². The van der Waals surface area contributed by atoms with Gasteiger partial charge in [0.25, 0.3) is 0 Å². The van der Waals surface area contributed by atoms with E-state index in [1.165, 1.54) is 34.6 Å². The number of nitrogens with zero attached hydrogens (tertiary/aromatic N) is 1. The summed E-state index contributed by atoms with van der Waals surface area (Å²) in [5.74, 6) is 0. The Balaban J connectivity index is 1.89. The normalized spacial score (nSPS) is 17.1. The zero-order valence-electron chi connectivity index (χ0n) is 13.0. The van der Waals surface area contributed by atoms with Crippen molar-refractivity contribution in [1.82, 2.24) is 4.98 Å². The smallest absolute Gasteiger partial charge is 0.0639 e. The number of hydrogen-bond donors (Lipinski definition) is 1. The van der Waals surface area contributed by atoms with E-state index in [0.29, 0.717) is 6.04 Å². The predicted octanol–water partition coefficient (Wildman–Crippen LogP) is 4.70. The van der Waals surface area contributed by atoms with Gasteiger partial charge in [-0.2, -0.15) is 0 Å². The van der Waals surface area contributed by atoms with Gasteiger partial charge in [0.1, 0.15) is 0 Å². The standard InChI is InChI=1S/C19H24N2/c1-3-8-16-14(4-2)13-19-18(20-16)12-11-17(21-19)15-9-6-5-7-10-15/h5-7,9-10,13,17,21H,3-4,8,11-12H2,1-2H3/t17-/m1/s1. The average molecular weight is 280 g/mol. The lowest BCUT2D eigenvalue weighted by Crippen LogP contribution is -2.20. The molecular formula is C19H24N2. The summed E-state index contributed by atoms with van der Waals surface area (Å²) >= 11 is 0. The van der Waals surface area contributed by atoms with Crippen molar-refractivity contribution < 1.29 is 0 Å². The minimum absolute atomic E-state index is 0.419. The molecule has 2 heteroatoms. The number of hydrogen-bond acceptors (Lipinski definition) is 2. The third-order valence-electron chi connectivity index (χ3n) is 4.34. The fraction of sp³-hybridized carbons (Fsp3) is 0.421. The van der Waals surface area contributed by atoms with E-state index in [-0.39, 0.29) is 0 Å². The van der Waals surface area contributed by atoms with Crippen molar-refractivity contribution >= 4 is 5.69 Å². The van der Waals surface area contributed by atoms with Crippen molar-refractivity contribution in [2.75, 3.05) is 5.32 Å². The van der Waals surface area contributed by atoms with Crippen molar-refractivity contribution in [3.63, 3.8) is 0 Å². The maximum atomic E-state index is 4.94. The van der Waals surface area contributed by atoms with Gasteiger partial charge >= 0.3 is 0 Å². The number of aryl methyl sites for hydroxylation is 3. The Morgan fingerprint density at radius 2 is 2.00 bits per heavy atom. The van der Waals surface area contributed by atoms with Crippen LogP contribution in [0.25, 0.3) is 0 Å². The van der Waals surface area contributed by atoms with E-state index in [0.717, 1.165) is 25.7 Å². The van der Waals surface area contributed by atoms with Crippen molar-refractivity contribution in [2.45, 2.75) is 52.0 Å². The topological polar surface area (TPSA) is 24.9 Å². The molecule has 1 aliphatic rings. The lowest BCUT2D eigenvalue weighted by Gasteiger charge is -2.28. The molecule has 0 saturated carbocycles. The van der Waals surface area contributed by atoms with Crippen molar-refractivity contribution in [3.05, 3.63) is 58.9 Å². The van der Waals surface area contributed by atoms with Gasteiger partial charge in [-0.1, -0.05) is 50.6 Å². The Kier molecular flexibility index (Phi) is 4.23. The number of pyridine rings is 1. The molecule has 0 amide bonds. The molecule has 1 aromatic carbocycles. The van der Waals surface area contributed by atoms with Gasteiger partial charge in [0.05, 0.1) is 17.4 Å². The lowest BCUT2D eigenvalue weighted by molar-refractivity contribution is 0.649. The SMILES string of the molecule is CCCc1nc2c(cc1CC)N[C@@H](c1ccccc1)CC2. The zero-order chi connectivity index (χ0) is 14.7. The highest BCUT2D eigenvalue weighted by atomic mass is 15.0. The number of anilines is 1. The second-order valence-corrected chi connectivity index (χ2v) is 5.84. The molecule has 0 fully saturated rings. The second-order valence-electron chi connectivity index (χ2n) is 5.84. The highest BCUT2D eigenvalue weighted by Gasteiger charge is 2.21. The van der Waals surface area contributed by atoms with E-state index in [9.17, 15) is 0 Å². The average Bonchev–Trinajstić information content (AvgIpc) is 2.55. The zero-order valence-corrected chi connectivity index (χ0v) is 13.0. The molecule has 0 radical (unpaired) electrons. The molecular weight excluding hydrogens is 256 g/mol. The van der Waals surface area contributed by atoms with E-state index >= 15 is 0 Å². The summed E-state index contributed by atoms with van der Waals surface area (Å²) in [6.07, 6.45) is 5.52. The Hall–Kier alpha value is -1.83. The van der Waals surface area contributed by atoms with Gasteiger partial charge in [0.15, 0.2) is 0 Å². The largest absolute Gasteiger partial charge is 0.377 e. The predicted molar refractivity (Wildman–Crippen MR) is 88.7 cm³/mol. The molecule has 1 atom stereocenters. The first-order valence-corrected chi connectivity index (χ1v) is 8.15. The summed E-state index contributed by atoms with van der Waals surface area (Å²) in [4.78, 5) is 4.94. The van der Waals surface area contributed by atoms with Gasteiger partial charge in [-0.15, -0.1) is 0 Å². The summed E-state index contributed by atoms with van der Waals surface area (Å²) in [6, 6.07) is 13.5. The van der Waals surface area contributed by atoms with Crippen LogP contribution in [-0.2, 0) is 19.3 Å². The third-order valence-corrected chi connectivity index (χ3v) is 4.34. The van der Waals surface area contributed by atoms with E-state index < -0.39 is 0 Å². The van der Waals surface area contributed by atoms with Crippen molar-refractivity contribution in [3.8, 4) is 0 Å². The number of aromatic nitrogens is 1. The molecule has 0 bridgehead atoms. The summed E-state index contributed by atoms with van der Waals surface area (Å²) in [7, 11) is 0. The first kappa shape index (κ1) is 14.1. The molecule has 0 saturated heterocycles. The van der Waals surface area contributed by atoms with Crippen LogP contribution in [0.15, 0.2) is 36.4 Å². The molecule has 0 unspecified atom stereocenters. The maximum absolute atomic E-state index is 4.94. The highest BCUT2D eigenvalue weighted by Crippen LogP contribution is 2.33. The first-order chi connectivity index (χ1) is 10.3. The fourth-order valence-electron chi connectivity index (χ4n) is 3.19. The van der Waals surface area contributed by atoms with Crippen molar-refractivity contribution in [1.29, 1.82) is 0 Å². The van der Waals surface area contributed by atoms with E-state index in [1.807, 2.05) is 0 Å². The molecule has 1 aromatic heterocycles. The van der Waals surface area contributed by atoms with Crippen molar-refractivity contribution in [2.24, 2.45) is 0 Å². The lowest BCUT2D eigenvalue weighted by atomic mass is 9.94. The first-order valence-electron chi connectivity index (χ1n) is 8.15. The quantitative estimate of drug-likeness (QED) is 0.878. The number of fused-ring (bicyclic) bond motifs is 1. The summed E-state index contributed by atoms with van der Waals surface area (Å²) in [5.41, 5.74) is 6.57. The van der Waals surface area contributed by atoms with Gasteiger partial charge in [-0.25, -0.2) is 0 Å². The third kappa shape index (κ3) is 2.94. The molecule has 1 N–H and O–H groups in total. The van der Waals surface area contributed by atoms with Gasteiger partial charge in [0, 0.05) is 5.69 Å². The molecule has 2 aromatic rings. The molecule has 110 valence electrons. The van der Waals surface area contributed by atoms with Crippen LogP contribution >= 0.6 is 0 Å². The number of rotatable bonds is 4. The van der Waals surface area contributed by atoms with E-state index in [1.54, 1.807) is 0 Å². The van der Waals surface area contributed by atoms with Crippen LogP contribution in [-0.4, -0.2) is 4.98 Å². The number of benzene rings is 1. The van der Waals surface area contributed by atoms with Gasteiger partial charge < -0.3 is 5.32 Å². The van der Waals surface area contributed by atoms with E-state index in [4.69, 9.17) is 4.98 Å². The van der Waals surface area contributed by atoms with E-state index in [2.05, 4.69) is 55.6 Å². The Morgan fingerprint density at radius 3 is 2.71 bits per heavy atom. The molecule has 2 nitrogen and oxygen atoms in total. The molecule has 21 heavy (non-hydrogen) atoms. The molecule has 0 aliphatic carbocycles. The second kappa shape index (κ2) is 6.30. The highest BCUT2D eigenvalue weighted by molar-refractivity contribution is 5.55. The van der Waals surface area contributed by atoms with Gasteiger partial charge in [-0.3, -0.25) is 4.98 Å². The summed E-state index contributed by atoms with van der Waals surface area (Å²) in [6.45, 7) is 4.45. The Bertz CT molecular complexity index is 604. The van der Waals surface area contributed by atoms with Crippen LogP contribution in [0.4, 0.5) is 5.69 Å². The maximum Gasteiger partial charge on any atom is 0.0639 e. The Morgan fingerprint density at radius 1 is 1.19 bits per heavy atom. The van der Waals surface area contributed by atoms with Gasteiger partial charge in [-0.05, 0) is 42.9 Å². The monoisotopic (exact) mass is 280 g/mol. The van der Waals surface area contributed by atoms with Crippen LogP contribution in [0.5, 0.6) is 0 Å². The molecule has 3 rings (SSSR count). The minimum atomic E-state index is 0.419. The van der Waals surface area contributed by atoms with Gasteiger partial charge in [0.2, 0.25) is 0 Å². The molecule has 1 aliphatic heterocycles. The minimum Gasteiger partial charge on any atom is -0.377 e. The summed E-state index contributed by atoms with van der Waals surface area (Å²) < 4.78 is 0. The molecule has 2 heterocycles. The number of nitrogens with one attached hydrogen (secondary N) is 1. The van der Waals surface area contributed by atoms with Crippen LogP contribution in [0.3, 0.4) is 0 Å². The molecule has 0 spiro atoms. The summed E-state index contributed by atoms with van der Waals surface area (Å²) in [5, 5.41) is 3.69. The Labute approximate surface area is 127 Å². The van der Waals surface area contributed by atoms with Crippen LogP contribution in [0.2, 0.25) is 0 Å². The van der Waals surface area contributed by atoms with Crippen LogP contribution in [0, 0.1) is 0 Å². The fourth-order valence-corrected chi connectivity index (χ4v) is 3.19. The van der Waals surface area contributed by atoms with Crippen LogP contribution in [0.1, 0.15) is 55.2 Å².